The molecule has 6 heteroatoms. The molecule has 0 amide bonds. The van der Waals surface area contributed by atoms with Gasteiger partial charge in [0, 0.05) is 25.3 Å². The van der Waals surface area contributed by atoms with E-state index in [9.17, 15) is 10.1 Å². The van der Waals surface area contributed by atoms with Crippen LogP contribution in [0, 0.1) is 10.1 Å². The molecule has 0 aliphatic carbocycles. The topological polar surface area (TPSA) is 84.6 Å². The Hall–Kier alpha value is -1.50. The highest BCUT2D eigenvalue weighted by molar-refractivity contribution is 5.34. The largest absolute Gasteiger partial charge is 0.394 e. The number of hydrogen-bond donors (Lipinski definition) is 2. The van der Waals surface area contributed by atoms with Crippen LogP contribution in [0.25, 0.3) is 0 Å². The number of ether oxygens (including phenoxy) is 1. The maximum absolute atomic E-state index is 10.6. The van der Waals surface area contributed by atoms with Crippen molar-refractivity contribution in [3.63, 3.8) is 0 Å². The molecule has 1 aromatic rings. The third-order valence-corrected chi connectivity index (χ3v) is 2.33. The normalized spacial score (nSPS) is 10.5. The van der Waals surface area contributed by atoms with Gasteiger partial charge >= 0.3 is 0 Å². The molecule has 0 radical (unpaired) electrons. The van der Waals surface area contributed by atoms with Crippen molar-refractivity contribution >= 4 is 5.69 Å². The van der Waals surface area contributed by atoms with Crippen molar-refractivity contribution in [2.45, 2.75) is 13.0 Å². The average molecular weight is 254 g/mol. The number of benzene rings is 1. The monoisotopic (exact) mass is 254 g/mol. The minimum atomic E-state index is -0.397. The molecule has 6 nitrogen and oxygen atoms in total. The van der Waals surface area contributed by atoms with Crippen molar-refractivity contribution in [2.75, 3.05) is 26.4 Å². The molecule has 0 aliphatic rings. The SMILES string of the molecule is O=[N+]([O-])c1cccc(CNCCCOCCO)c1. The van der Waals surface area contributed by atoms with E-state index in [1.807, 2.05) is 6.07 Å². The second-order valence-electron chi connectivity index (χ2n) is 3.79. The first kappa shape index (κ1) is 14.6. The first-order valence-electron chi connectivity index (χ1n) is 5.86. The lowest BCUT2D eigenvalue weighted by atomic mass is 10.2. The van der Waals surface area contributed by atoms with E-state index in [0.29, 0.717) is 19.8 Å². The van der Waals surface area contributed by atoms with Crippen LogP contribution in [0.2, 0.25) is 0 Å². The van der Waals surface area contributed by atoms with Crippen LogP contribution >= 0.6 is 0 Å². The summed E-state index contributed by atoms with van der Waals surface area (Å²) in [7, 11) is 0. The molecule has 0 heterocycles. The Kier molecular flexibility index (Phi) is 6.93. The number of hydrogen-bond acceptors (Lipinski definition) is 5. The maximum atomic E-state index is 10.6. The summed E-state index contributed by atoms with van der Waals surface area (Å²) in [6.45, 7) is 2.38. The van der Waals surface area contributed by atoms with Gasteiger partial charge in [-0.15, -0.1) is 0 Å². The molecular weight excluding hydrogens is 236 g/mol. The molecule has 0 fully saturated rings. The number of aliphatic hydroxyl groups excluding tert-OH is 1. The summed E-state index contributed by atoms with van der Waals surface area (Å²) in [5, 5.41) is 22.3. The van der Waals surface area contributed by atoms with Crippen LogP contribution in [0.3, 0.4) is 0 Å². The number of rotatable bonds is 9. The summed E-state index contributed by atoms with van der Waals surface area (Å²) >= 11 is 0. The summed E-state index contributed by atoms with van der Waals surface area (Å²) in [4.78, 5) is 10.2. The number of non-ortho nitro benzene ring substituents is 1. The van der Waals surface area contributed by atoms with Gasteiger partial charge in [-0.1, -0.05) is 12.1 Å². The van der Waals surface area contributed by atoms with Crippen LogP contribution in [-0.4, -0.2) is 36.4 Å². The zero-order chi connectivity index (χ0) is 13.2. The molecule has 0 bridgehead atoms. The van der Waals surface area contributed by atoms with E-state index in [0.717, 1.165) is 18.5 Å². The van der Waals surface area contributed by atoms with E-state index in [1.165, 1.54) is 6.07 Å². The highest BCUT2D eigenvalue weighted by Crippen LogP contribution is 2.12. The summed E-state index contributed by atoms with van der Waals surface area (Å²) in [6, 6.07) is 6.57. The van der Waals surface area contributed by atoms with E-state index in [1.54, 1.807) is 12.1 Å². The molecule has 0 aliphatic heterocycles. The standard InChI is InChI=1S/C12H18N2O4/c15-6-8-18-7-2-5-13-10-11-3-1-4-12(9-11)14(16)17/h1,3-4,9,13,15H,2,5-8,10H2. The van der Waals surface area contributed by atoms with Crippen molar-refractivity contribution in [1.82, 2.24) is 5.32 Å². The van der Waals surface area contributed by atoms with Gasteiger partial charge in [0.2, 0.25) is 0 Å². The van der Waals surface area contributed by atoms with Gasteiger partial charge in [0.15, 0.2) is 0 Å². The molecule has 0 saturated heterocycles. The molecular formula is C12H18N2O4. The Bertz CT molecular complexity index is 371. The zero-order valence-corrected chi connectivity index (χ0v) is 10.2. The van der Waals surface area contributed by atoms with Crippen LogP contribution < -0.4 is 5.32 Å². The van der Waals surface area contributed by atoms with E-state index in [2.05, 4.69) is 5.32 Å². The Morgan fingerprint density at radius 3 is 2.94 bits per heavy atom. The smallest absolute Gasteiger partial charge is 0.269 e. The average Bonchev–Trinajstić information content (AvgIpc) is 2.38. The van der Waals surface area contributed by atoms with Crippen LogP contribution in [0.15, 0.2) is 24.3 Å². The molecule has 0 spiro atoms. The quantitative estimate of drug-likeness (QED) is 0.391. The van der Waals surface area contributed by atoms with Crippen LogP contribution in [0.4, 0.5) is 5.69 Å². The van der Waals surface area contributed by atoms with Gasteiger partial charge in [0.1, 0.15) is 0 Å². The van der Waals surface area contributed by atoms with E-state index in [4.69, 9.17) is 9.84 Å². The van der Waals surface area contributed by atoms with E-state index >= 15 is 0 Å². The van der Waals surface area contributed by atoms with Gasteiger partial charge in [-0.3, -0.25) is 10.1 Å². The van der Waals surface area contributed by atoms with Crippen molar-refractivity contribution in [3.8, 4) is 0 Å². The number of aliphatic hydroxyl groups is 1. The predicted molar refractivity (Wildman–Crippen MR) is 67.3 cm³/mol. The molecule has 1 rings (SSSR count). The van der Waals surface area contributed by atoms with Gasteiger partial charge in [0.25, 0.3) is 5.69 Å². The van der Waals surface area contributed by atoms with E-state index in [-0.39, 0.29) is 12.3 Å². The van der Waals surface area contributed by atoms with Gasteiger partial charge < -0.3 is 15.2 Å². The van der Waals surface area contributed by atoms with Crippen LogP contribution in [-0.2, 0) is 11.3 Å². The number of nitrogens with zero attached hydrogens (tertiary/aromatic N) is 1. The molecule has 0 saturated carbocycles. The molecule has 2 N–H and O–H groups in total. The third kappa shape index (κ3) is 5.72. The first-order chi connectivity index (χ1) is 8.74. The Morgan fingerprint density at radius 1 is 1.39 bits per heavy atom. The van der Waals surface area contributed by atoms with Crippen LogP contribution in [0.5, 0.6) is 0 Å². The van der Waals surface area contributed by atoms with Crippen molar-refractivity contribution in [3.05, 3.63) is 39.9 Å². The Morgan fingerprint density at radius 2 is 2.22 bits per heavy atom. The summed E-state index contributed by atoms with van der Waals surface area (Å²) in [5.41, 5.74) is 1.00. The van der Waals surface area contributed by atoms with E-state index < -0.39 is 4.92 Å². The summed E-state index contributed by atoms with van der Waals surface area (Å²) < 4.78 is 5.11. The lowest BCUT2D eigenvalue weighted by Gasteiger charge is -2.05. The maximum Gasteiger partial charge on any atom is 0.269 e. The second kappa shape index (κ2) is 8.57. The second-order valence-corrected chi connectivity index (χ2v) is 3.79. The number of nitrogens with one attached hydrogen (secondary N) is 1. The summed E-state index contributed by atoms with van der Waals surface area (Å²) in [5.74, 6) is 0. The molecule has 0 atom stereocenters. The van der Waals surface area contributed by atoms with Gasteiger partial charge in [-0.05, 0) is 18.5 Å². The highest BCUT2D eigenvalue weighted by Gasteiger charge is 2.04. The molecule has 0 unspecified atom stereocenters. The van der Waals surface area contributed by atoms with Crippen molar-refractivity contribution in [2.24, 2.45) is 0 Å². The fourth-order valence-electron chi connectivity index (χ4n) is 1.48. The highest BCUT2D eigenvalue weighted by atomic mass is 16.6. The predicted octanol–water partition coefficient (Wildman–Crippen LogP) is 1.08. The lowest BCUT2D eigenvalue weighted by Crippen LogP contribution is -2.16. The Balaban J connectivity index is 2.19. The molecule has 100 valence electrons. The lowest BCUT2D eigenvalue weighted by molar-refractivity contribution is -0.384. The van der Waals surface area contributed by atoms with Crippen LogP contribution in [0.1, 0.15) is 12.0 Å². The molecule has 0 aromatic heterocycles. The van der Waals surface area contributed by atoms with Crippen molar-refractivity contribution in [1.29, 1.82) is 0 Å². The third-order valence-electron chi connectivity index (χ3n) is 2.33. The van der Waals surface area contributed by atoms with Crippen molar-refractivity contribution < 1.29 is 14.8 Å². The first-order valence-corrected chi connectivity index (χ1v) is 5.86. The van der Waals surface area contributed by atoms with Gasteiger partial charge in [0.05, 0.1) is 18.1 Å². The fraction of sp³-hybridized carbons (Fsp3) is 0.500. The number of nitro benzene ring substituents is 1. The number of nitro groups is 1. The van der Waals surface area contributed by atoms with Gasteiger partial charge in [-0.25, -0.2) is 0 Å². The van der Waals surface area contributed by atoms with Gasteiger partial charge in [-0.2, -0.15) is 0 Å². The molecule has 18 heavy (non-hydrogen) atoms. The Labute approximate surface area is 106 Å². The fourth-order valence-corrected chi connectivity index (χ4v) is 1.48. The minimum absolute atomic E-state index is 0.0428. The summed E-state index contributed by atoms with van der Waals surface area (Å²) in [6.07, 6.45) is 0.842. The molecule has 1 aromatic carbocycles. The zero-order valence-electron chi connectivity index (χ0n) is 10.2. The minimum Gasteiger partial charge on any atom is -0.394 e.